The summed E-state index contributed by atoms with van der Waals surface area (Å²) < 4.78 is 0. The second kappa shape index (κ2) is 8.19. The largest absolute Gasteiger partial charge is 0.342 e. The number of fused-ring (bicyclic) bond motifs is 1. The van der Waals surface area contributed by atoms with Gasteiger partial charge in [-0.3, -0.25) is 4.79 Å². The van der Waals surface area contributed by atoms with Gasteiger partial charge in [0, 0.05) is 29.2 Å². The Hall–Kier alpha value is -2.60. The van der Waals surface area contributed by atoms with Crippen molar-refractivity contribution >= 4 is 35.9 Å². The minimum absolute atomic E-state index is 0.108. The molecule has 2 heterocycles. The van der Waals surface area contributed by atoms with Crippen LogP contribution < -0.4 is 16.1 Å². The Morgan fingerprint density at radius 2 is 2.07 bits per heavy atom. The molecule has 0 spiro atoms. The first-order chi connectivity index (χ1) is 13.6. The van der Waals surface area contributed by atoms with Gasteiger partial charge in [-0.2, -0.15) is 0 Å². The zero-order valence-corrected chi connectivity index (χ0v) is 16.6. The average molecular weight is 374 g/mol. The summed E-state index contributed by atoms with van der Waals surface area (Å²) in [6.45, 7) is 3.16. The number of anilines is 1. The number of amides is 1. The Balaban J connectivity index is 1.44. The van der Waals surface area contributed by atoms with Crippen LogP contribution in [0, 0.1) is 5.92 Å². The highest BCUT2D eigenvalue weighted by Crippen LogP contribution is 2.24. The van der Waals surface area contributed by atoms with Gasteiger partial charge in [-0.05, 0) is 30.9 Å². The van der Waals surface area contributed by atoms with Crippen LogP contribution in [-0.4, -0.2) is 29.8 Å². The first kappa shape index (κ1) is 18.8. The standard InChI is InChI=1S/C22H27BN4O/c1-14-6-2-5-9-20(14)24-12-16-10-15-11-17(13-25-21(15)26-16)27-22(28)18-7-3-4-8-19(18)23/h3-4,7-8,10-11,13-14,20,24H,2,5-6,9,12,23H2,1H3,(H,25,26)(H,27,28). The summed E-state index contributed by atoms with van der Waals surface area (Å²) in [5.74, 6) is 0.627. The maximum absolute atomic E-state index is 12.5. The summed E-state index contributed by atoms with van der Waals surface area (Å²) in [6.07, 6.45) is 6.95. The predicted molar refractivity (Wildman–Crippen MR) is 117 cm³/mol. The van der Waals surface area contributed by atoms with Gasteiger partial charge < -0.3 is 15.6 Å². The molecule has 1 fully saturated rings. The highest BCUT2D eigenvalue weighted by atomic mass is 16.1. The molecule has 0 bridgehead atoms. The summed E-state index contributed by atoms with van der Waals surface area (Å²) in [5, 5.41) is 7.66. The fourth-order valence-corrected chi connectivity index (χ4v) is 4.12. The van der Waals surface area contributed by atoms with E-state index >= 15 is 0 Å². The first-order valence-corrected chi connectivity index (χ1v) is 10.2. The smallest absolute Gasteiger partial charge is 0.255 e. The molecular formula is C22H27BN4O. The summed E-state index contributed by atoms with van der Waals surface area (Å²) in [4.78, 5) is 20.4. The Kier molecular flexibility index (Phi) is 5.48. The molecule has 4 rings (SSSR count). The van der Waals surface area contributed by atoms with Crippen molar-refractivity contribution in [3.8, 4) is 0 Å². The van der Waals surface area contributed by atoms with Crippen molar-refractivity contribution in [3.05, 3.63) is 53.9 Å². The van der Waals surface area contributed by atoms with Gasteiger partial charge in [0.05, 0.1) is 11.9 Å². The average Bonchev–Trinajstić information content (AvgIpc) is 3.10. The van der Waals surface area contributed by atoms with Crippen molar-refractivity contribution in [1.29, 1.82) is 0 Å². The fraction of sp³-hybridized carbons (Fsp3) is 0.364. The van der Waals surface area contributed by atoms with E-state index in [1.807, 2.05) is 38.2 Å². The Labute approximate surface area is 166 Å². The third-order valence-corrected chi connectivity index (χ3v) is 5.84. The van der Waals surface area contributed by atoms with E-state index in [0.717, 1.165) is 34.7 Å². The van der Waals surface area contributed by atoms with E-state index < -0.39 is 0 Å². The zero-order valence-electron chi connectivity index (χ0n) is 16.6. The molecule has 144 valence electrons. The second-order valence-electron chi connectivity index (χ2n) is 7.97. The summed E-state index contributed by atoms with van der Waals surface area (Å²) in [5.41, 5.74) is 4.33. The molecule has 0 aliphatic heterocycles. The van der Waals surface area contributed by atoms with Crippen molar-refractivity contribution in [1.82, 2.24) is 15.3 Å². The van der Waals surface area contributed by atoms with Crippen molar-refractivity contribution in [2.45, 2.75) is 45.2 Å². The minimum Gasteiger partial charge on any atom is -0.342 e. The first-order valence-electron chi connectivity index (χ1n) is 10.2. The highest BCUT2D eigenvalue weighted by Gasteiger charge is 2.20. The monoisotopic (exact) mass is 374 g/mol. The van der Waals surface area contributed by atoms with E-state index in [0.29, 0.717) is 17.3 Å². The van der Waals surface area contributed by atoms with Crippen molar-refractivity contribution in [3.63, 3.8) is 0 Å². The Morgan fingerprint density at radius 3 is 2.89 bits per heavy atom. The lowest BCUT2D eigenvalue weighted by molar-refractivity contribution is 0.102. The molecule has 1 aliphatic carbocycles. The summed E-state index contributed by atoms with van der Waals surface area (Å²) in [6, 6.07) is 12.3. The van der Waals surface area contributed by atoms with Gasteiger partial charge in [0.2, 0.25) is 0 Å². The Bertz CT molecular complexity index is 984. The second-order valence-corrected chi connectivity index (χ2v) is 7.97. The van der Waals surface area contributed by atoms with Gasteiger partial charge in [0.15, 0.2) is 0 Å². The summed E-state index contributed by atoms with van der Waals surface area (Å²) in [7, 11) is 1.94. The SMILES string of the molecule is Bc1ccccc1C(=O)Nc1cnc2[nH]c(CNC3CCCCC3C)cc2c1. The number of nitrogens with one attached hydrogen (secondary N) is 3. The van der Waals surface area contributed by atoms with Gasteiger partial charge in [0.1, 0.15) is 13.5 Å². The lowest BCUT2D eigenvalue weighted by Gasteiger charge is -2.29. The van der Waals surface area contributed by atoms with Gasteiger partial charge in [-0.25, -0.2) is 4.98 Å². The number of hydrogen-bond donors (Lipinski definition) is 3. The number of nitrogens with zero attached hydrogens (tertiary/aromatic N) is 1. The quantitative estimate of drug-likeness (QED) is 0.602. The number of benzene rings is 1. The van der Waals surface area contributed by atoms with Crippen molar-refractivity contribution in [2.24, 2.45) is 5.92 Å². The van der Waals surface area contributed by atoms with Crippen LogP contribution in [0.1, 0.15) is 48.7 Å². The lowest BCUT2D eigenvalue weighted by Crippen LogP contribution is -2.36. The number of hydrogen-bond acceptors (Lipinski definition) is 3. The number of carbonyl (C=O) groups is 1. The van der Waals surface area contributed by atoms with Gasteiger partial charge in [0.25, 0.3) is 5.91 Å². The van der Waals surface area contributed by atoms with Gasteiger partial charge >= 0.3 is 0 Å². The molecule has 0 radical (unpaired) electrons. The van der Waals surface area contributed by atoms with Crippen LogP contribution in [0.25, 0.3) is 11.0 Å². The van der Waals surface area contributed by atoms with Crippen molar-refractivity contribution in [2.75, 3.05) is 5.32 Å². The van der Waals surface area contributed by atoms with E-state index in [9.17, 15) is 4.79 Å². The van der Waals surface area contributed by atoms with Gasteiger partial charge in [-0.15, -0.1) is 0 Å². The number of carbonyl (C=O) groups excluding carboxylic acids is 1. The van der Waals surface area contributed by atoms with Crippen LogP contribution in [0.4, 0.5) is 5.69 Å². The molecule has 2 atom stereocenters. The van der Waals surface area contributed by atoms with E-state index in [2.05, 4.69) is 33.6 Å². The molecule has 2 aromatic heterocycles. The maximum atomic E-state index is 12.5. The summed E-state index contributed by atoms with van der Waals surface area (Å²) >= 11 is 0. The number of aromatic amines is 1. The van der Waals surface area contributed by atoms with Crippen molar-refractivity contribution < 1.29 is 4.79 Å². The predicted octanol–water partition coefficient (Wildman–Crippen LogP) is 2.74. The van der Waals surface area contributed by atoms with Crippen LogP contribution in [-0.2, 0) is 6.54 Å². The third kappa shape index (κ3) is 4.12. The number of aromatic nitrogens is 2. The molecule has 3 N–H and O–H groups in total. The molecule has 1 aromatic carbocycles. The van der Waals surface area contributed by atoms with E-state index in [4.69, 9.17) is 0 Å². The van der Waals surface area contributed by atoms with E-state index in [1.54, 1.807) is 6.20 Å². The van der Waals surface area contributed by atoms with Crippen LogP contribution in [0.15, 0.2) is 42.6 Å². The molecule has 0 saturated heterocycles. The molecule has 1 saturated carbocycles. The highest BCUT2D eigenvalue weighted by molar-refractivity contribution is 6.37. The molecule has 5 nitrogen and oxygen atoms in total. The van der Waals surface area contributed by atoms with Crippen LogP contribution in [0.3, 0.4) is 0 Å². The molecule has 1 aliphatic rings. The number of H-pyrrole nitrogens is 1. The minimum atomic E-state index is -0.108. The Morgan fingerprint density at radius 1 is 1.25 bits per heavy atom. The zero-order chi connectivity index (χ0) is 19.5. The maximum Gasteiger partial charge on any atom is 0.255 e. The lowest BCUT2D eigenvalue weighted by atomic mass is 9.86. The number of rotatable bonds is 5. The van der Waals surface area contributed by atoms with E-state index in [-0.39, 0.29) is 5.91 Å². The fourth-order valence-electron chi connectivity index (χ4n) is 4.12. The molecule has 28 heavy (non-hydrogen) atoms. The molecule has 3 aromatic rings. The molecule has 2 unspecified atom stereocenters. The number of pyridine rings is 1. The van der Waals surface area contributed by atoms with Crippen LogP contribution in [0.2, 0.25) is 0 Å². The van der Waals surface area contributed by atoms with Crippen LogP contribution in [0.5, 0.6) is 0 Å². The van der Waals surface area contributed by atoms with E-state index in [1.165, 1.54) is 25.7 Å². The normalized spacial score (nSPS) is 19.6. The van der Waals surface area contributed by atoms with Crippen LogP contribution >= 0.6 is 0 Å². The molecular weight excluding hydrogens is 347 g/mol. The molecule has 6 heteroatoms. The topological polar surface area (TPSA) is 69.8 Å². The van der Waals surface area contributed by atoms with Gasteiger partial charge in [-0.1, -0.05) is 49.5 Å². The molecule has 1 amide bonds. The third-order valence-electron chi connectivity index (χ3n) is 5.84.